The fourth-order valence-electron chi connectivity index (χ4n) is 6.56. The Bertz CT molecular complexity index is 2470. The first-order valence-electron chi connectivity index (χ1n) is 22.1. The van der Waals surface area contributed by atoms with Crippen LogP contribution in [-0.4, -0.2) is 0 Å². The molecule has 0 N–H and O–H groups in total. The van der Waals surface area contributed by atoms with Crippen molar-refractivity contribution < 1.29 is 0 Å². The maximum Gasteiger partial charge on any atom is -0.00768 e. The van der Waals surface area contributed by atoms with E-state index < -0.39 is 0 Å². The second-order valence-electron chi connectivity index (χ2n) is 15.5. The van der Waals surface area contributed by atoms with E-state index in [2.05, 4.69) is 190 Å². The Hall–Kier alpha value is -7.02. The van der Waals surface area contributed by atoms with Gasteiger partial charge in [-0.15, -0.1) is 13.2 Å². The molecule has 0 heteroatoms. The summed E-state index contributed by atoms with van der Waals surface area (Å²) in [4.78, 5) is 0. The summed E-state index contributed by atoms with van der Waals surface area (Å²) in [7, 11) is 0. The molecule has 0 spiro atoms. The Morgan fingerprint density at radius 1 is 0.385 bits per heavy atom. The van der Waals surface area contributed by atoms with E-state index in [9.17, 15) is 0 Å². The van der Waals surface area contributed by atoms with Crippen molar-refractivity contribution in [3.8, 4) is 33.4 Å². The molecular formula is C65H76. The molecule has 0 fully saturated rings. The van der Waals surface area contributed by atoms with Gasteiger partial charge in [-0.25, -0.2) is 0 Å². The third-order valence-corrected chi connectivity index (χ3v) is 10.1. The second-order valence-corrected chi connectivity index (χ2v) is 15.5. The van der Waals surface area contributed by atoms with Gasteiger partial charge in [-0.05, 0) is 148 Å². The van der Waals surface area contributed by atoms with Gasteiger partial charge in [0.25, 0.3) is 0 Å². The minimum absolute atomic E-state index is 0. The molecule has 0 unspecified atom stereocenters. The molecule has 0 saturated carbocycles. The molecule has 7 aromatic carbocycles. The van der Waals surface area contributed by atoms with E-state index in [-0.39, 0.29) is 7.43 Å². The van der Waals surface area contributed by atoms with Crippen LogP contribution in [0.2, 0.25) is 0 Å². The molecule has 0 bridgehead atoms. The summed E-state index contributed by atoms with van der Waals surface area (Å²) < 4.78 is 0. The molecule has 0 amide bonds. The number of allylic oxidation sites excluding steroid dienone is 8. The van der Waals surface area contributed by atoms with Crippen molar-refractivity contribution in [2.75, 3.05) is 0 Å². The van der Waals surface area contributed by atoms with E-state index in [4.69, 9.17) is 0 Å². The van der Waals surface area contributed by atoms with E-state index >= 15 is 0 Å². The lowest BCUT2D eigenvalue weighted by Gasteiger charge is -2.17. The van der Waals surface area contributed by atoms with Crippen LogP contribution >= 0.6 is 0 Å². The second kappa shape index (κ2) is 31.8. The Morgan fingerprint density at radius 2 is 0.785 bits per heavy atom. The van der Waals surface area contributed by atoms with Gasteiger partial charge >= 0.3 is 0 Å². The molecule has 0 aliphatic rings. The molecule has 0 atom stereocenters. The fourth-order valence-corrected chi connectivity index (χ4v) is 6.56. The first kappa shape index (κ1) is 56.0. The van der Waals surface area contributed by atoms with Crippen molar-refractivity contribution in [1.29, 1.82) is 0 Å². The van der Waals surface area contributed by atoms with Gasteiger partial charge in [0, 0.05) is 0 Å². The van der Waals surface area contributed by atoms with Crippen LogP contribution in [0.25, 0.3) is 44.5 Å². The number of aryl methyl sites for hydroxylation is 6. The average Bonchev–Trinajstić information content (AvgIpc) is 3.31. The van der Waals surface area contributed by atoms with Gasteiger partial charge in [0.05, 0.1) is 0 Å². The molecule has 0 saturated heterocycles. The van der Waals surface area contributed by atoms with E-state index in [0.717, 1.165) is 11.1 Å². The Kier molecular flexibility index (Phi) is 27.4. The van der Waals surface area contributed by atoms with E-state index in [1.165, 1.54) is 77.9 Å². The van der Waals surface area contributed by atoms with Crippen LogP contribution in [-0.2, 0) is 0 Å². The summed E-state index contributed by atoms with van der Waals surface area (Å²) in [6.07, 6.45) is 12.0. The number of hydrogen-bond acceptors (Lipinski definition) is 0. The maximum atomic E-state index is 4.23. The third-order valence-electron chi connectivity index (χ3n) is 10.1. The van der Waals surface area contributed by atoms with Crippen molar-refractivity contribution in [2.45, 2.75) is 76.7 Å². The lowest BCUT2D eigenvalue weighted by molar-refractivity contribution is 1.38. The quantitative estimate of drug-likeness (QED) is 0.111. The smallest absolute Gasteiger partial charge is 0.00768 e. The molecule has 0 nitrogen and oxygen atoms in total. The molecule has 7 aromatic rings. The van der Waals surface area contributed by atoms with Gasteiger partial charge in [0.2, 0.25) is 0 Å². The normalized spacial score (nSPS) is 9.94. The zero-order valence-electron chi connectivity index (χ0n) is 40.5. The van der Waals surface area contributed by atoms with Crippen LogP contribution in [0.1, 0.15) is 79.6 Å². The average molecular weight is 857 g/mol. The van der Waals surface area contributed by atoms with E-state index in [0.29, 0.717) is 0 Å². The monoisotopic (exact) mass is 857 g/mol. The molecular weight excluding hydrogens is 781 g/mol. The van der Waals surface area contributed by atoms with Crippen LogP contribution in [0.15, 0.2) is 233 Å². The highest BCUT2D eigenvalue weighted by atomic mass is 14.2. The third kappa shape index (κ3) is 19.9. The lowest BCUT2D eigenvalue weighted by Crippen LogP contribution is -1.94. The minimum atomic E-state index is 0. The summed E-state index contributed by atoms with van der Waals surface area (Å²) in [5, 5.41) is 0. The van der Waals surface area contributed by atoms with Crippen LogP contribution in [0.3, 0.4) is 0 Å². The maximum absolute atomic E-state index is 4.23. The fraction of sp³-hybridized carbons (Fsp3) is 0.169. The Balaban J connectivity index is 0.000000501. The largest absolute Gasteiger partial charge is 0.106 e. The molecule has 0 aromatic heterocycles. The van der Waals surface area contributed by atoms with E-state index in [1.54, 1.807) is 0 Å². The standard InChI is InChI=1S/C31H30.C9H10.C8H12.2C7H8.C2H4.CH4/c1-20(2)27-13-9-11-24(6)31(27)30-19-26(17-15-23(30)5)25-16-14-22(4)29(18-25)28-12-8-7-10-21(28)3;1-8(2)9-6-4-3-5-7-9;1-3-5-7-8-6-4-2;2*1-7-5-3-2-4-6-7;1-2;/h7-19H,1H2,2-6H3;3-7H,1H2,2H3;3-8H,1-2H3;2*2-6H,1H3;1-2H2;1H4/b;;5-3-,6-4+,8-7-;;;;. The first-order valence-corrected chi connectivity index (χ1v) is 22.1. The lowest BCUT2D eigenvalue weighted by atomic mass is 9.87. The van der Waals surface area contributed by atoms with Crippen molar-refractivity contribution in [1.82, 2.24) is 0 Å². The van der Waals surface area contributed by atoms with Crippen molar-refractivity contribution in [2.24, 2.45) is 0 Å². The van der Waals surface area contributed by atoms with Crippen LogP contribution in [0, 0.1) is 41.5 Å². The van der Waals surface area contributed by atoms with Crippen LogP contribution < -0.4 is 0 Å². The summed E-state index contributed by atoms with van der Waals surface area (Å²) in [6, 6.07) is 59.4. The predicted molar refractivity (Wildman–Crippen MR) is 297 cm³/mol. The van der Waals surface area contributed by atoms with Gasteiger partial charge in [-0.3, -0.25) is 0 Å². The molecule has 336 valence electrons. The highest BCUT2D eigenvalue weighted by molar-refractivity contribution is 5.86. The summed E-state index contributed by atoms with van der Waals surface area (Å²) in [5.41, 5.74) is 20.1. The molecule has 7 rings (SSSR count). The predicted octanol–water partition coefficient (Wildman–Crippen LogP) is 19.8. The number of rotatable bonds is 7. The SMILES string of the molecule is C.C=C.C=C(C)c1cccc(C)c1-c1cc(-c2ccc(C)c(-c3ccccc3C)c2)ccc1C.C=C(C)c1ccccc1.C\C=C/C=C\C=C\C.Cc1ccccc1.Cc1ccccc1. The highest BCUT2D eigenvalue weighted by Gasteiger charge is 2.14. The Labute approximate surface area is 396 Å². The van der Waals surface area contributed by atoms with Crippen LogP contribution in [0.4, 0.5) is 0 Å². The minimum Gasteiger partial charge on any atom is -0.106 e. The molecule has 0 radical (unpaired) electrons. The topological polar surface area (TPSA) is 0 Å². The van der Waals surface area contributed by atoms with Crippen molar-refractivity contribution in [3.05, 3.63) is 277 Å². The van der Waals surface area contributed by atoms with Crippen molar-refractivity contribution in [3.63, 3.8) is 0 Å². The van der Waals surface area contributed by atoms with Crippen molar-refractivity contribution >= 4 is 11.1 Å². The Morgan fingerprint density at radius 3 is 1.18 bits per heavy atom. The van der Waals surface area contributed by atoms with Gasteiger partial charge in [-0.1, -0.05) is 237 Å². The van der Waals surface area contributed by atoms with Gasteiger partial charge < -0.3 is 0 Å². The number of benzene rings is 7. The van der Waals surface area contributed by atoms with Crippen LogP contribution in [0.5, 0.6) is 0 Å². The first-order chi connectivity index (χ1) is 30.9. The summed E-state index contributed by atoms with van der Waals surface area (Å²) >= 11 is 0. The molecule has 0 heterocycles. The zero-order chi connectivity index (χ0) is 47.3. The molecule has 0 aliphatic carbocycles. The molecule has 0 aliphatic heterocycles. The zero-order valence-corrected chi connectivity index (χ0v) is 40.5. The summed E-state index contributed by atoms with van der Waals surface area (Å²) in [6.45, 7) is 35.1. The number of hydrogen-bond donors (Lipinski definition) is 0. The van der Waals surface area contributed by atoms with Gasteiger partial charge in [-0.2, -0.15) is 0 Å². The van der Waals surface area contributed by atoms with E-state index in [1.807, 2.05) is 112 Å². The highest BCUT2D eigenvalue weighted by Crippen LogP contribution is 2.37. The summed E-state index contributed by atoms with van der Waals surface area (Å²) in [5.74, 6) is 0. The van der Waals surface area contributed by atoms with Gasteiger partial charge in [0.1, 0.15) is 0 Å². The molecule has 65 heavy (non-hydrogen) atoms. The van der Waals surface area contributed by atoms with Gasteiger partial charge in [0.15, 0.2) is 0 Å².